The summed E-state index contributed by atoms with van der Waals surface area (Å²) in [5.41, 5.74) is 10.6. The maximum atomic E-state index is 11.3. The van der Waals surface area contributed by atoms with Gasteiger partial charge in [-0.15, -0.1) is 0 Å². The van der Waals surface area contributed by atoms with Crippen molar-refractivity contribution in [2.75, 3.05) is 5.73 Å². The molecule has 18 heavy (non-hydrogen) atoms. The molecule has 0 radical (unpaired) electrons. The zero-order valence-electron chi connectivity index (χ0n) is 9.90. The Morgan fingerprint density at radius 2 is 2.11 bits per heavy atom. The molecule has 0 saturated heterocycles. The van der Waals surface area contributed by atoms with Crippen LogP contribution in [0, 0.1) is 11.3 Å². The second-order valence-corrected chi connectivity index (χ2v) is 3.60. The van der Waals surface area contributed by atoms with Gasteiger partial charge in [0.1, 0.15) is 6.07 Å². The highest BCUT2D eigenvalue weighted by Gasteiger charge is 2.16. The topological polar surface area (TPSA) is 119 Å². The Morgan fingerprint density at radius 1 is 1.44 bits per heavy atom. The quantitative estimate of drug-likeness (QED) is 0.466. The molecule has 0 aliphatic heterocycles. The van der Waals surface area contributed by atoms with E-state index in [4.69, 9.17) is 21.5 Å². The Bertz CT molecular complexity index is 532. The Morgan fingerprint density at radius 3 is 2.61 bits per heavy atom. The number of ether oxygens (including phenoxy) is 1. The zero-order chi connectivity index (χ0) is 13.7. The Hall–Kier alpha value is -2.55. The molecule has 1 amide bonds. The summed E-state index contributed by atoms with van der Waals surface area (Å²) in [6.45, 7) is 1.83. The minimum absolute atomic E-state index is 0.00490. The van der Waals surface area contributed by atoms with Crippen molar-refractivity contribution in [1.29, 1.82) is 5.26 Å². The molecular weight excluding hydrogens is 234 g/mol. The molecule has 1 aromatic carbocycles. The van der Waals surface area contributed by atoms with Crippen molar-refractivity contribution in [2.45, 2.75) is 19.8 Å². The highest BCUT2D eigenvalue weighted by Crippen LogP contribution is 2.28. The first-order valence-electron chi connectivity index (χ1n) is 5.34. The van der Waals surface area contributed by atoms with Gasteiger partial charge in [-0.3, -0.25) is 9.59 Å². The van der Waals surface area contributed by atoms with Gasteiger partial charge in [0, 0.05) is 6.42 Å². The number of carbonyl (C=O) groups excluding carboxylic acids is 2. The fourth-order valence-electron chi connectivity index (χ4n) is 1.39. The molecule has 0 atom stereocenters. The molecule has 0 heterocycles. The van der Waals surface area contributed by atoms with Crippen LogP contribution in [0.3, 0.4) is 0 Å². The van der Waals surface area contributed by atoms with Crippen LogP contribution >= 0.6 is 0 Å². The highest BCUT2D eigenvalue weighted by atomic mass is 16.5. The first kappa shape index (κ1) is 13.5. The number of nitrogens with two attached hydrogens (primary N) is 2. The van der Waals surface area contributed by atoms with E-state index in [1.54, 1.807) is 6.07 Å². The largest absolute Gasteiger partial charge is 0.424 e. The van der Waals surface area contributed by atoms with Crippen LogP contribution in [0.4, 0.5) is 5.69 Å². The van der Waals surface area contributed by atoms with Gasteiger partial charge in [0.25, 0.3) is 0 Å². The van der Waals surface area contributed by atoms with Crippen LogP contribution in [-0.4, -0.2) is 11.9 Å². The maximum Gasteiger partial charge on any atom is 0.311 e. The zero-order valence-corrected chi connectivity index (χ0v) is 9.90. The summed E-state index contributed by atoms with van der Waals surface area (Å²) in [5, 5.41) is 8.93. The number of nitrogens with zero attached hydrogens (tertiary/aromatic N) is 1. The number of nitriles is 1. The number of benzene rings is 1. The van der Waals surface area contributed by atoms with Crippen molar-refractivity contribution in [1.82, 2.24) is 0 Å². The molecule has 6 nitrogen and oxygen atoms in total. The highest BCUT2D eigenvalue weighted by molar-refractivity contribution is 5.98. The van der Waals surface area contributed by atoms with E-state index in [1.807, 2.05) is 6.92 Å². The van der Waals surface area contributed by atoms with Crippen LogP contribution in [0.25, 0.3) is 0 Å². The van der Waals surface area contributed by atoms with Crippen molar-refractivity contribution in [3.63, 3.8) is 0 Å². The van der Waals surface area contributed by atoms with Crippen LogP contribution in [0.2, 0.25) is 0 Å². The number of esters is 1. The van der Waals surface area contributed by atoms with Crippen molar-refractivity contribution in [3.05, 3.63) is 23.3 Å². The van der Waals surface area contributed by atoms with Crippen LogP contribution in [0.1, 0.15) is 35.7 Å². The third kappa shape index (κ3) is 2.77. The van der Waals surface area contributed by atoms with E-state index >= 15 is 0 Å². The average molecular weight is 247 g/mol. The molecular formula is C12H13N3O3. The van der Waals surface area contributed by atoms with Gasteiger partial charge in [-0.1, -0.05) is 6.92 Å². The van der Waals surface area contributed by atoms with Crippen molar-refractivity contribution in [3.8, 4) is 11.8 Å². The van der Waals surface area contributed by atoms with Crippen molar-refractivity contribution >= 4 is 17.6 Å². The normalized spacial score (nSPS) is 9.56. The van der Waals surface area contributed by atoms with Crippen molar-refractivity contribution < 1.29 is 14.3 Å². The second-order valence-electron chi connectivity index (χ2n) is 3.60. The van der Waals surface area contributed by atoms with E-state index in [2.05, 4.69) is 0 Å². The Balaban J connectivity index is 3.15. The summed E-state index contributed by atoms with van der Waals surface area (Å²) < 4.78 is 5.00. The van der Waals surface area contributed by atoms with Crippen molar-refractivity contribution in [2.24, 2.45) is 5.73 Å². The molecule has 6 heteroatoms. The summed E-state index contributed by atoms with van der Waals surface area (Å²) >= 11 is 0. The van der Waals surface area contributed by atoms with E-state index in [0.717, 1.165) is 0 Å². The minimum Gasteiger partial charge on any atom is -0.424 e. The lowest BCUT2D eigenvalue weighted by molar-refractivity contribution is -0.134. The number of primary amides is 1. The molecule has 0 unspecified atom stereocenters. The summed E-state index contributed by atoms with van der Waals surface area (Å²) in [4.78, 5) is 22.4. The molecule has 94 valence electrons. The molecule has 0 saturated carbocycles. The van der Waals surface area contributed by atoms with E-state index in [9.17, 15) is 9.59 Å². The molecule has 0 aromatic heterocycles. The van der Waals surface area contributed by atoms with E-state index in [-0.39, 0.29) is 29.0 Å². The van der Waals surface area contributed by atoms with Crippen LogP contribution in [0.15, 0.2) is 12.1 Å². The van der Waals surface area contributed by atoms with Gasteiger partial charge in [0.15, 0.2) is 5.75 Å². The number of nitrogen functional groups attached to an aromatic ring is 1. The number of hydrogen-bond donors (Lipinski definition) is 2. The fourth-order valence-corrected chi connectivity index (χ4v) is 1.39. The third-order valence-corrected chi connectivity index (χ3v) is 2.26. The molecule has 0 bridgehead atoms. The van der Waals surface area contributed by atoms with Gasteiger partial charge in [-0.25, -0.2) is 0 Å². The number of amides is 1. The van der Waals surface area contributed by atoms with E-state index < -0.39 is 11.9 Å². The monoisotopic (exact) mass is 247 g/mol. The molecule has 0 aliphatic rings. The lowest BCUT2D eigenvalue weighted by Gasteiger charge is -2.09. The number of hydrogen-bond acceptors (Lipinski definition) is 5. The van der Waals surface area contributed by atoms with Gasteiger partial charge in [0.05, 0.1) is 16.8 Å². The SMILES string of the molecule is CCCC(=O)Oc1ccc(C(N)=O)c(C#N)c1N. The summed E-state index contributed by atoms with van der Waals surface area (Å²) in [6.07, 6.45) is 0.891. The predicted molar refractivity (Wildman–Crippen MR) is 64.6 cm³/mol. The third-order valence-electron chi connectivity index (χ3n) is 2.26. The van der Waals surface area contributed by atoms with Gasteiger partial charge < -0.3 is 16.2 Å². The molecule has 0 fully saturated rings. The van der Waals surface area contributed by atoms with Gasteiger partial charge in [-0.2, -0.15) is 5.26 Å². The van der Waals surface area contributed by atoms with E-state index in [0.29, 0.717) is 6.42 Å². The Kier molecular flexibility index (Phi) is 4.27. The first-order valence-corrected chi connectivity index (χ1v) is 5.34. The lowest BCUT2D eigenvalue weighted by atomic mass is 10.1. The van der Waals surface area contributed by atoms with Gasteiger partial charge >= 0.3 is 5.97 Å². The predicted octanol–water partition coefficient (Wildman–Crippen LogP) is 0.945. The smallest absolute Gasteiger partial charge is 0.311 e. The maximum absolute atomic E-state index is 11.3. The van der Waals surface area contributed by atoms with Crippen LogP contribution in [-0.2, 0) is 4.79 Å². The van der Waals surface area contributed by atoms with Crippen LogP contribution < -0.4 is 16.2 Å². The molecule has 1 aromatic rings. The lowest BCUT2D eigenvalue weighted by Crippen LogP contribution is -2.15. The second kappa shape index (κ2) is 5.68. The molecule has 0 aliphatic carbocycles. The minimum atomic E-state index is -0.760. The molecule has 1 rings (SSSR count). The number of anilines is 1. The Labute approximate surface area is 104 Å². The summed E-state index contributed by atoms with van der Waals surface area (Å²) in [5.74, 6) is -1.14. The van der Waals surface area contributed by atoms with E-state index in [1.165, 1.54) is 12.1 Å². The first-order chi connectivity index (χ1) is 8.51. The fraction of sp³-hybridized carbons (Fsp3) is 0.250. The van der Waals surface area contributed by atoms with Gasteiger partial charge in [-0.05, 0) is 18.6 Å². The number of rotatable bonds is 4. The summed E-state index contributed by atoms with van der Waals surface area (Å²) in [6, 6.07) is 4.44. The molecule has 0 spiro atoms. The van der Waals surface area contributed by atoms with Gasteiger partial charge in [0.2, 0.25) is 5.91 Å². The summed E-state index contributed by atoms with van der Waals surface area (Å²) in [7, 11) is 0. The number of carbonyl (C=O) groups is 2. The molecule has 4 N–H and O–H groups in total. The standard InChI is InChI=1S/C12H13N3O3/c1-2-3-10(16)18-9-5-4-7(12(15)17)8(6-13)11(9)14/h4-5H,2-3,14H2,1H3,(H2,15,17). The van der Waals surface area contributed by atoms with Crippen LogP contribution in [0.5, 0.6) is 5.75 Å². The average Bonchev–Trinajstić information content (AvgIpc) is 2.31.